The van der Waals surface area contributed by atoms with Crippen molar-refractivity contribution in [1.29, 1.82) is 0 Å². The van der Waals surface area contributed by atoms with Gasteiger partial charge in [0.15, 0.2) is 0 Å². The Balaban J connectivity index is 2.46. The minimum atomic E-state index is -0.0859. The standard InChI is InChI=1S/C10H18BrNO2/c1-8(11)10(14)12-6-2-4-9(12)5-3-7-13/h8-9,13H,2-7H2,1H3. The lowest BCUT2D eigenvalue weighted by atomic mass is 10.1. The van der Waals surface area contributed by atoms with Crippen LogP contribution in [0.3, 0.4) is 0 Å². The zero-order valence-corrected chi connectivity index (χ0v) is 10.2. The Morgan fingerprint density at radius 1 is 1.71 bits per heavy atom. The zero-order chi connectivity index (χ0) is 10.6. The Kier molecular flexibility index (Phi) is 4.89. The summed E-state index contributed by atoms with van der Waals surface area (Å²) >= 11 is 3.30. The number of carbonyl (C=O) groups is 1. The molecule has 0 aromatic rings. The number of hydrogen-bond acceptors (Lipinski definition) is 2. The van der Waals surface area contributed by atoms with Crippen LogP contribution in [-0.2, 0) is 4.79 Å². The number of halogens is 1. The molecule has 0 spiro atoms. The van der Waals surface area contributed by atoms with Crippen molar-refractivity contribution in [2.24, 2.45) is 0 Å². The van der Waals surface area contributed by atoms with E-state index in [1.54, 1.807) is 0 Å². The molecule has 2 atom stereocenters. The average molecular weight is 264 g/mol. The Labute approximate surface area is 93.6 Å². The lowest BCUT2D eigenvalue weighted by Crippen LogP contribution is -2.39. The monoisotopic (exact) mass is 263 g/mol. The van der Waals surface area contributed by atoms with Crippen LogP contribution in [0, 0.1) is 0 Å². The number of likely N-dealkylation sites (tertiary alicyclic amines) is 1. The molecule has 0 aromatic carbocycles. The third kappa shape index (κ3) is 2.95. The second kappa shape index (κ2) is 5.71. The van der Waals surface area contributed by atoms with Gasteiger partial charge in [0.05, 0.1) is 4.83 Å². The first-order valence-electron chi connectivity index (χ1n) is 5.22. The van der Waals surface area contributed by atoms with Gasteiger partial charge in [0.1, 0.15) is 0 Å². The van der Waals surface area contributed by atoms with Crippen molar-refractivity contribution in [3.8, 4) is 0 Å². The van der Waals surface area contributed by atoms with Crippen molar-refractivity contribution in [2.45, 2.75) is 43.5 Å². The normalized spacial score (nSPS) is 23.9. The van der Waals surface area contributed by atoms with E-state index >= 15 is 0 Å². The number of aliphatic hydroxyl groups excluding tert-OH is 1. The quantitative estimate of drug-likeness (QED) is 0.782. The summed E-state index contributed by atoms with van der Waals surface area (Å²) < 4.78 is 0. The summed E-state index contributed by atoms with van der Waals surface area (Å²) in [4.78, 5) is 13.6. The molecule has 1 aliphatic heterocycles. The first-order valence-corrected chi connectivity index (χ1v) is 6.13. The highest BCUT2D eigenvalue weighted by Gasteiger charge is 2.29. The molecule has 0 radical (unpaired) electrons. The van der Waals surface area contributed by atoms with Crippen LogP contribution >= 0.6 is 15.9 Å². The van der Waals surface area contributed by atoms with Gasteiger partial charge in [0.2, 0.25) is 5.91 Å². The van der Waals surface area contributed by atoms with Gasteiger partial charge in [-0.2, -0.15) is 0 Å². The van der Waals surface area contributed by atoms with Gasteiger partial charge in [0, 0.05) is 19.2 Å². The van der Waals surface area contributed by atoms with Gasteiger partial charge in [-0.3, -0.25) is 4.79 Å². The topological polar surface area (TPSA) is 40.5 Å². The summed E-state index contributed by atoms with van der Waals surface area (Å²) in [5.41, 5.74) is 0. The molecule has 1 fully saturated rings. The number of amides is 1. The zero-order valence-electron chi connectivity index (χ0n) is 8.58. The van der Waals surface area contributed by atoms with Crippen LogP contribution in [0.25, 0.3) is 0 Å². The molecule has 14 heavy (non-hydrogen) atoms. The Morgan fingerprint density at radius 3 is 3.00 bits per heavy atom. The van der Waals surface area contributed by atoms with Crippen molar-refractivity contribution in [3.05, 3.63) is 0 Å². The van der Waals surface area contributed by atoms with Crippen LogP contribution < -0.4 is 0 Å². The highest BCUT2D eigenvalue weighted by atomic mass is 79.9. The van der Waals surface area contributed by atoms with Crippen molar-refractivity contribution in [3.63, 3.8) is 0 Å². The van der Waals surface area contributed by atoms with Crippen molar-refractivity contribution >= 4 is 21.8 Å². The number of hydrogen-bond donors (Lipinski definition) is 1. The predicted molar refractivity (Wildman–Crippen MR) is 59.4 cm³/mol. The van der Waals surface area contributed by atoms with Crippen LogP contribution in [0.2, 0.25) is 0 Å². The minimum Gasteiger partial charge on any atom is -0.396 e. The molecule has 0 bridgehead atoms. The van der Waals surface area contributed by atoms with Gasteiger partial charge in [-0.25, -0.2) is 0 Å². The molecule has 1 rings (SSSR count). The first-order chi connectivity index (χ1) is 6.66. The summed E-state index contributed by atoms with van der Waals surface area (Å²) in [6, 6.07) is 0.356. The third-order valence-corrected chi connectivity index (χ3v) is 3.09. The van der Waals surface area contributed by atoms with E-state index in [0.29, 0.717) is 6.04 Å². The maximum Gasteiger partial charge on any atom is 0.236 e. The highest BCUT2D eigenvalue weighted by molar-refractivity contribution is 9.10. The SMILES string of the molecule is CC(Br)C(=O)N1CCCC1CCCO. The van der Waals surface area contributed by atoms with E-state index in [0.717, 1.165) is 32.2 Å². The van der Waals surface area contributed by atoms with E-state index in [1.165, 1.54) is 0 Å². The summed E-state index contributed by atoms with van der Waals surface area (Å²) in [6.45, 7) is 2.97. The number of alkyl halides is 1. The maximum atomic E-state index is 11.7. The second-order valence-electron chi connectivity index (χ2n) is 3.81. The fourth-order valence-electron chi connectivity index (χ4n) is 1.98. The molecule has 82 valence electrons. The van der Waals surface area contributed by atoms with Gasteiger partial charge in [-0.1, -0.05) is 15.9 Å². The van der Waals surface area contributed by atoms with E-state index in [9.17, 15) is 4.79 Å². The minimum absolute atomic E-state index is 0.0859. The average Bonchev–Trinajstić information content (AvgIpc) is 2.61. The Hall–Kier alpha value is -0.0900. The molecule has 1 heterocycles. The number of aliphatic hydroxyl groups is 1. The summed E-state index contributed by atoms with van der Waals surface area (Å²) in [5.74, 6) is 0.186. The van der Waals surface area contributed by atoms with Crippen LogP contribution in [-0.4, -0.2) is 39.9 Å². The lowest BCUT2D eigenvalue weighted by Gasteiger charge is -2.25. The highest BCUT2D eigenvalue weighted by Crippen LogP contribution is 2.23. The van der Waals surface area contributed by atoms with Gasteiger partial charge in [-0.15, -0.1) is 0 Å². The first kappa shape index (κ1) is 12.0. The fraction of sp³-hybridized carbons (Fsp3) is 0.900. The van der Waals surface area contributed by atoms with Gasteiger partial charge < -0.3 is 10.0 Å². The lowest BCUT2D eigenvalue weighted by molar-refractivity contribution is -0.131. The van der Waals surface area contributed by atoms with Crippen LogP contribution in [0.15, 0.2) is 0 Å². The maximum absolute atomic E-state index is 11.7. The van der Waals surface area contributed by atoms with Crippen LogP contribution in [0.4, 0.5) is 0 Å². The van der Waals surface area contributed by atoms with E-state index in [2.05, 4.69) is 15.9 Å². The van der Waals surface area contributed by atoms with Crippen LogP contribution in [0.5, 0.6) is 0 Å². The molecule has 4 heteroatoms. The fourth-order valence-corrected chi connectivity index (χ4v) is 2.24. The smallest absolute Gasteiger partial charge is 0.236 e. The molecule has 0 saturated carbocycles. The summed E-state index contributed by atoms with van der Waals surface area (Å²) in [7, 11) is 0. The Bertz CT molecular complexity index is 197. The van der Waals surface area contributed by atoms with E-state index in [4.69, 9.17) is 5.11 Å². The number of carbonyl (C=O) groups excluding carboxylic acids is 1. The molecule has 1 aliphatic rings. The molecule has 1 N–H and O–H groups in total. The summed E-state index contributed by atoms with van der Waals surface area (Å²) in [6.07, 6.45) is 3.92. The van der Waals surface area contributed by atoms with Crippen molar-refractivity contribution in [1.82, 2.24) is 4.90 Å². The molecule has 0 aliphatic carbocycles. The third-order valence-electron chi connectivity index (χ3n) is 2.70. The molecular weight excluding hydrogens is 246 g/mol. The molecule has 3 nitrogen and oxygen atoms in total. The molecule has 1 saturated heterocycles. The van der Waals surface area contributed by atoms with Gasteiger partial charge in [-0.05, 0) is 32.6 Å². The van der Waals surface area contributed by atoms with E-state index in [-0.39, 0.29) is 17.3 Å². The predicted octanol–water partition coefficient (Wildman–Crippen LogP) is 1.53. The largest absolute Gasteiger partial charge is 0.396 e. The van der Waals surface area contributed by atoms with Crippen LogP contribution in [0.1, 0.15) is 32.6 Å². The van der Waals surface area contributed by atoms with Crippen molar-refractivity contribution < 1.29 is 9.90 Å². The van der Waals surface area contributed by atoms with Gasteiger partial charge in [0.25, 0.3) is 0 Å². The van der Waals surface area contributed by atoms with Crippen molar-refractivity contribution in [2.75, 3.05) is 13.2 Å². The molecule has 2 unspecified atom stereocenters. The Morgan fingerprint density at radius 2 is 2.43 bits per heavy atom. The second-order valence-corrected chi connectivity index (χ2v) is 5.18. The molecule has 1 amide bonds. The van der Waals surface area contributed by atoms with E-state index in [1.807, 2.05) is 11.8 Å². The molecule has 0 aromatic heterocycles. The number of rotatable bonds is 4. The number of nitrogens with zero attached hydrogens (tertiary/aromatic N) is 1. The molecular formula is C10H18BrNO2. The summed E-state index contributed by atoms with van der Waals surface area (Å²) in [5, 5.41) is 8.75. The van der Waals surface area contributed by atoms with E-state index < -0.39 is 0 Å². The van der Waals surface area contributed by atoms with Gasteiger partial charge >= 0.3 is 0 Å².